The Hall–Kier alpha value is -1.14. The minimum absolute atomic E-state index is 0.0800. The van der Waals surface area contributed by atoms with Gasteiger partial charge in [0, 0.05) is 6.54 Å². The van der Waals surface area contributed by atoms with E-state index in [1.165, 1.54) is 4.90 Å². The molecular weight excluding hydrogens is 234 g/mol. The number of ether oxygens (including phenoxy) is 1. The van der Waals surface area contributed by atoms with E-state index in [-0.39, 0.29) is 11.9 Å². The monoisotopic (exact) mass is 255 g/mol. The van der Waals surface area contributed by atoms with Crippen LogP contribution in [0.5, 0.6) is 0 Å². The molecule has 3 amide bonds. The van der Waals surface area contributed by atoms with Gasteiger partial charge in [-0.3, -0.25) is 9.69 Å². The molecule has 2 fully saturated rings. The number of imide groups is 1. The lowest BCUT2D eigenvalue weighted by molar-refractivity contribution is -0.132. The van der Waals surface area contributed by atoms with Crippen LogP contribution in [0.2, 0.25) is 0 Å². The summed E-state index contributed by atoms with van der Waals surface area (Å²) in [5, 5.41) is 2.87. The van der Waals surface area contributed by atoms with Crippen molar-refractivity contribution in [2.45, 2.75) is 37.6 Å². The summed E-state index contributed by atoms with van der Waals surface area (Å²) < 4.78 is 5.22. The molecule has 0 aromatic rings. The van der Waals surface area contributed by atoms with E-state index in [1.54, 1.807) is 0 Å². The zero-order valence-corrected chi connectivity index (χ0v) is 10.6. The highest BCUT2D eigenvalue weighted by atomic mass is 16.5. The molecule has 0 aromatic heterocycles. The number of amides is 3. The SMILES string of the molecule is NCCOCCN1C(=O)NC2(CCCCC2)C1=O. The fourth-order valence-corrected chi connectivity index (χ4v) is 2.71. The second-order valence-corrected chi connectivity index (χ2v) is 4.93. The number of carbonyl (C=O) groups is 2. The first-order valence-corrected chi connectivity index (χ1v) is 6.61. The average Bonchev–Trinajstić information content (AvgIpc) is 2.59. The lowest BCUT2D eigenvalue weighted by Gasteiger charge is -2.30. The predicted molar refractivity (Wildman–Crippen MR) is 65.9 cm³/mol. The minimum atomic E-state index is -0.622. The van der Waals surface area contributed by atoms with Crippen molar-refractivity contribution >= 4 is 11.9 Å². The Bertz CT molecular complexity index is 327. The molecule has 1 spiro atoms. The Morgan fingerprint density at radius 1 is 1.22 bits per heavy atom. The van der Waals surface area contributed by atoms with E-state index < -0.39 is 5.54 Å². The molecule has 102 valence electrons. The van der Waals surface area contributed by atoms with E-state index >= 15 is 0 Å². The van der Waals surface area contributed by atoms with Crippen molar-refractivity contribution < 1.29 is 14.3 Å². The van der Waals surface area contributed by atoms with Gasteiger partial charge in [-0.2, -0.15) is 0 Å². The lowest BCUT2D eigenvalue weighted by Crippen LogP contribution is -2.48. The van der Waals surface area contributed by atoms with Crippen molar-refractivity contribution in [3.8, 4) is 0 Å². The van der Waals surface area contributed by atoms with Crippen LogP contribution < -0.4 is 11.1 Å². The Morgan fingerprint density at radius 2 is 1.94 bits per heavy atom. The normalized spacial score (nSPS) is 22.6. The molecule has 0 radical (unpaired) electrons. The molecule has 1 aliphatic carbocycles. The van der Waals surface area contributed by atoms with Crippen LogP contribution in [0.4, 0.5) is 4.79 Å². The van der Waals surface area contributed by atoms with Crippen molar-refractivity contribution in [3.63, 3.8) is 0 Å². The van der Waals surface area contributed by atoms with Gasteiger partial charge in [0.1, 0.15) is 5.54 Å². The summed E-state index contributed by atoms with van der Waals surface area (Å²) in [6, 6.07) is -0.279. The number of hydrogen-bond acceptors (Lipinski definition) is 4. The zero-order chi connectivity index (χ0) is 13.0. The summed E-state index contributed by atoms with van der Waals surface area (Å²) in [6.45, 7) is 1.57. The fraction of sp³-hybridized carbons (Fsp3) is 0.833. The smallest absolute Gasteiger partial charge is 0.325 e. The molecule has 1 aliphatic heterocycles. The van der Waals surface area contributed by atoms with E-state index in [0.717, 1.165) is 32.1 Å². The maximum absolute atomic E-state index is 12.3. The molecule has 18 heavy (non-hydrogen) atoms. The third-order valence-electron chi connectivity index (χ3n) is 3.67. The number of urea groups is 1. The summed E-state index contributed by atoms with van der Waals surface area (Å²) in [5.74, 6) is -0.0800. The van der Waals surface area contributed by atoms with Gasteiger partial charge < -0.3 is 15.8 Å². The molecule has 0 aromatic carbocycles. The van der Waals surface area contributed by atoms with Gasteiger partial charge in [0.25, 0.3) is 5.91 Å². The Balaban J connectivity index is 1.92. The summed E-state index contributed by atoms with van der Waals surface area (Å²) in [4.78, 5) is 25.4. The highest BCUT2D eigenvalue weighted by Crippen LogP contribution is 2.33. The van der Waals surface area contributed by atoms with Crippen molar-refractivity contribution in [1.82, 2.24) is 10.2 Å². The summed E-state index contributed by atoms with van der Waals surface area (Å²) in [6.07, 6.45) is 4.67. The maximum atomic E-state index is 12.3. The molecule has 0 unspecified atom stereocenters. The second kappa shape index (κ2) is 5.67. The minimum Gasteiger partial charge on any atom is -0.378 e. The first-order chi connectivity index (χ1) is 8.69. The topological polar surface area (TPSA) is 84.7 Å². The van der Waals surface area contributed by atoms with Gasteiger partial charge in [-0.15, -0.1) is 0 Å². The van der Waals surface area contributed by atoms with Gasteiger partial charge in [0.05, 0.1) is 19.8 Å². The number of nitrogens with two attached hydrogens (primary N) is 1. The highest BCUT2D eigenvalue weighted by molar-refractivity contribution is 6.07. The predicted octanol–water partition coefficient (Wildman–Crippen LogP) is 0.216. The van der Waals surface area contributed by atoms with Gasteiger partial charge in [0.15, 0.2) is 0 Å². The molecule has 2 rings (SSSR count). The van der Waals surface area contributed by atoms with E-state index in [2.05, 4.69) is 5.32 Å². The fourth-order valence-electron chi connectivity index (χ4n) is 2.71. The molecule has 1 heterocycles. The molecule has 1 saturated heterocycles. The average molecular weight is 255 g/mol. The quantitative estimate of drug-likeness (QED) is 0.543. The molecule has 1 saturated carbocycles. The summed E-state index contributed by atoms with van der Waals surface area (Å²) in [5.41, 5.74) is 4.68. The number of nitrogens with one attached hydrogen (secondary N) is 1. The standard InChI is InChI=1S/C12H21N3O3/c13-6-8-18-9-7-15-10(16)12(14-11(15)17)4-2-1-3-5-12/h1-9,13H2,(H,14,17). The van der Waals surface area contributed by atoms with Gasteiger partial charge in [0.2, 0.25) is 0 Å². The maximum Gasteiger partial charge on any atom is 0.325 e. The third kappa shape index (κ3) is 2.49. The molecule has 6 nitrogen and oxygen atoms in total. The highest BCUT2D eigenvalue weighted by Gasteiger charge is 2.50. The third-order valence-corrected chi connectivity index (χ3v) is 3.67. The lowest BCUT2D eigenvalue weighted by atomic mass is 9.82. The number of hydrogen-bond donors (Lipinski definition) is 2. The van der Waals surface area contributed by atoms with Gasteiger partial charge >= 0.3 is 6.03 Å². The second-order valence-electron chi connectivity index (χ2n) is 4.93. The van der Waals surface area contributed by atoms with E-state index in [9.17, 15) is 9.59 Å². The van der Waals surface area contributed by atoms with Crippen molar-refractivity contribution in [3.05, 3.63) is 0 Å². The van der Waals surface area contributed by atoms with Crippen LogP contribution in [0.15, 0.2) is 0 Å². The van der Waals surface area contributed by atoms with Crippen molar-refractivity contribution in [2.75, 3.05) is 26.3 Å². The molecule has 0 atom stereocenters. The Labute approximate surface area is 107 Å². The van der Waals surface area contributed by atoms with Crippen LogP contribution in [-0.4, -0.2) is 48.7 Å². The van der Waals surface area contributed by atoms with Crippen molar-refractivity contribution in [1.29, 1.82) is 0 Å². The number of rotatable bonds is 5. The largest absolute Gasteiger partial charge is 0.378 e. The van der Waals surface area contributed by atoms with Crippen molar-refractivity contribution in [2.24, 2.45) is 5.73 Å². The van der Waals surface area contributed by atoms with Gasteiger partial charge in [-0.1, -0.05) is 19.3 Å². The van der Waals surface area contributed by atoms with Crippen LogP contribution in [0, 0.1) is 0 Å². The van der Waals surface area contributed by atoms with Gasteiger partial charge in [-0.05, 0) is 12.8 Å². The zero-order valence-electron chi connectivity index (χ0n) is 10.6. The number of carbonyl (C=O) groups excluding carboxylic acids is 2. The Morgan fingerprint density at radius 3 is 2.61 bits per heavy atom. The van der Waals surface area contributed by atoms with Crippen LogP contribution >= 0.6 is 0 Å². The van der Waals surface area contributed by atoms with E-state index in [1.807, 2.05) is 0 Å². The van der Waals surface area contributed by atoms with E-state index in [0.29, 0.717) is 26.3 Å². The summed E-state index contributed by atoms with van der Waals surface area (Å²) >= 11 is 0. The molecular formula is C12H21N3O3. The van der Waals surface area contributed by atoms with Gasteiger partial charge in [-0.25, -0.2) is 4.79 Å². The molecule has 6 heteroatoms. The van der Waals surface area contributed by atoms with E-state index in [4.69, 9.17) is 10.5 Å². The molecule has 3 N–H and O–H groups in total. The van der Waals surface area contributed by atoms with Crippen LogP contribution in [0.1, 0.15) is 32.1 Å². The Kier molecular flexibility index (Phi) is 4.19. The molecule has 2 aliphatic rings. The van der Waals surface area contributed by atoms with Crippen LogP contribution in [0.25, 0.3) is 0 Å². The summed E-state index contributed by atoms with van der Waals surface area (Å²) in [7, 11) is 0. The molecule has 0 bridgehead atoms. The first kappa shape index (κ1) is 13.3. The number of nitrogens with zero attached hydrogens (tertiary/aromatic N) is 1. The van der Waals surface area contributed by atoms with Crippen LogP contribution in [-0.2, 0) is 9.53 Å². The van der Waals surface area contributed by atoms with Crippen LogP contribution in [0.3, 0.4) is 0 Å². The first-order valence-electron chi connectivity index (χ1n) is 6.61.